The second kappa shape index (κ2) is 5.38. The van der Waals surface area contributed by atoms with Gasteiger partial charge in [-0.25, -0.2) is 4.79 Å². The number of hydrogen-bond donors (Lipinski definition) is 1. The van der Waals surface area contributed by atoms with E-state index >= 15 is 0 Å². The Morgan fingerprint density at radius 2 is 1.71 bits per heavy atom. The quantitative estimate of drug-likeness (QED) is 0.818. The summed E-state index contributed by atoms with van der Waals surface area (Å²) in [6.45, 7) is 8.13. The van der Waals surface area contributed by atoms with Crippen molar-refractivity contribution in [3.63, 3.8) is 0 Å². The Hall–Kier alpha value is -1.26. The summed E-state index contributed by atoms with van der Waals surface area (Å²) in [6, 6.07) is 0.0300. The molecule has 17 heavy (non-hydrogen) atoms. The summed E-state index contributed by atoms with van der Waals surface area (Å²) in [5, 5.41) is 9.11. The molecule has 1 fully saturated rings. The molecule has 1 rings (SSSR count). The molecule has 0 aromatic carbocycles. The van der Waals surface area contributed by atoms with Gasteiger partial charge in [0.05, 0.1) is 5.41 Å². The van der Waals surface area contributed by atoms with E-state index in [9.17, 15) is 9.59 Å². The number of urea groups is 1. The predicted molar refractivity (Wildman–Crippen MR) is 64.9 cm³/mol. The highest BCUT2D eigenvalue weighted by Gasteiger charge is 2.38. The zero-order valence-electron chi connectivity index (χ0n) is 10.9. The fourth-order valence-corrected chi connectivity index (χ4v) is 2.10. The summed E-state index contributed by atoms with van der Waals surface area (Å²) in [4.78, 5) is 26.7. The minimum atomic E-state index is -0.757. The normalized spacial score (nSPS) is 18.9. The van der Waals surface area contributed by atoms with Gasteiger partial charge in [0.2, 0.25) is 0 Å². The first-order chi connectivity index (χ1) is 7.94. The van der Waals surface area contributed by atoms with Gasteiger partial charge >= 0.3 is 12.0 Å². The molecule has 1 heterocycles. The molecule has 5 heteroatoms. The van der Waals surface area contributed by atoms with Gasteiger partial charge in [-0.1, -0.05) is 0 Å². The molecular weight excluding hydrogens is 220 g/mol. The van der Waals surface area contributed by atoms with Gasteiger partial charge in [0.1, 0.15) is 0 Å². The number of rotatable bonds is 3. The maximum Gasteiger partial charge on any atom is 0.319 e. The zero-order chi connectivity index (χ0) is 13.1. The van der Waals surface area contributed by atoms with Crippen molar-refractivity contribution in [2.75, 3.05) is 26.2 Å². The maximum absolute atomic E-state index is 12.0. The first-order valence-corrected chi connectivity index (χ1v) is 6.22. The Morgan fingerprint density at radius 1 is 1.24 bits per heavy atom. The number of aliphatic carboxylic acids is 1. The van der Waals surface area contributed by atoms with Gasteiger partial charge in [0.15, 0.2) is 0 Å². The molecule has 2 amide bonds. The zero-order valence-corrected chi connectivity index (χ0v) is 10.9. The van der Waals surface area contributed by atoms with Gasteiger partial charge in [-0.05, 0) is 33.6 Å². The van der Waals surface area contributed by atoms with E-state index in [0.717, 1.165) is 0 Å². The second-order valence-electron chi connectivity index (χ2n) is 4.81. The van der Waals surface area contributed by atoms with Crippen molar-refractivity contribution < 1.29 is 14.7 Å². The molecule has 1 saturated heterocycles. The average molecular weight is 242 g/mol. The SMILES string of the molecule is CCN(CC)C(=O)N1CCC(C)(C(=O)O)CC1. The molecule has 5 nitrogen and oxygen atoms in total. The second-order valence-corrected chi connectivity index (χ2v) is 4.81. The van der Waals surface area contributed by atoms with Crippen LogP contribution in [0.5, 0.6) is 0 Å². The van der Waals surface area contributed by atoms with E-state index in [1.165, 1.54) is 0 Å². The van der Waals surface area contributed by atoms with Crippen molar-refractivity contribution in [1.82, 2.24) is 9.80 Å². The summed E-state index contributed by atoms with van der Waals surface area (Å²) < 4.78 is 0. The monoisotopic (exact) mass is 242 g/mol. The molecule has 0 radical (unpaired) electrons. The van der Waals surface area contributed by atoms with Crippen LogP contribution in [0.1, 0.15) is 33.6 Å². The van der Waals surface area contributed by atoms with Crippen molar-refractivity contribution in [1.29, 1.82) is 0 Å². The predicted octanol–water partition coefficient (Wildman–Crippen LogP) is 1.63. The van der Waals surface area contributed by atoms with Gasteiger partial charge < -0.3 is 14.9 Å². The van der Waals surface area contributed by atoms with E-state index in [4.69, 9.17) is 5.11 Å². The maximum atomic E-state index is 12.0. The Kier molecular flexibility index (Phi) is 4.37. The van der Waals surface area contributed by atoms with Crippen LogP contribution in [-0.4, -0.2) is 53.1 Å². The third-order valence-electron chi connectivity index (χ3n) is 3.69. The number of carboxylic acids is 1. The van der Waals surface area contributed by atoms with Crippen LogP contribution >= 0.6 is 0 Å². The van der Waals surface area contributed by atoms with Crippen LogP contribution in [0.2, 0.25) is 0 Å². The summed E-state index contributed by atoms with van der Waals surface area (Å²) in [6.07, 6.45) is 1.07. The Balaban J connectivity index is 2.58. The third-order valence-corrected chi connectivity index (χ3v) is 3.69. The molecular formula is C12H22N2O3. The van der Waals surface area contributed by atoms with Crippen LogP contribution in [-0.2, 0) is 4.79 Å². The topological polar surface area (TPSA) is 60.9 Å². The molecule has 0 saturated carbocycles. The Morgan fingerprint density at radius 3 is 2.06 bits per heavy atom. The molecule has 0 atom stereocenters. The highest BCUT2D eigenvalue weighted by atomic mass is 16.4. The Bertz CT molecular complexity index is 292. The highest BCUT2D eigenvalue weighted by molar-refractivity contribution is 5.77. The summed E-state index contributed by atoms with van der Waals surface area (Å²) in [5.74, 6) is -0.757. The van der Waals surface area contributed by atoms with Crippen molar-refractivity contribution in [3.8, 4) is 0 Å². The van der Waals surface area contributed by atoms with Crippen LogP contribution in [0.3, 0.4) is 0 Å². The first kappa shape index (κ1) is 13.8. The first-order valence-electron chi connectivity index (χ1n) is 6.22. The van der Waals surface area contributed by atoms with Crippen LogP contribution in [0.4, 0.5) is 4.79 Å². The van der Waals surface area contributed by atoms with E-state index in [2.05, 4.69) is 0 Å². The van der Waals surface area contributed by atoms with Crippen LogP contribution in [0, 0.1) is 5.41 Å². The van der Waals surface area contributed by atoms with E-state index in [0.29, 0.717) is 39.0 Å². The van der Waals surface area contributed by atoms with Gasteiger partial charge in [0.25, 0.3) is 0 Å². The Labute approximate surface area is 102 Å². The summed E-state index contributed by atoms with van der Waals surface area (Å²) >= 11 is 0. The number of hydrogen-bond acceptors (Lipinski definition) is 2. The van der Waals surface area contributed by atoms with Gasteiger partial charge in [-0.3, -0.25) is 4.79 Å². The van der Waals surface area contributed by atoms with E-state index in [1.807, 2.05) is 13.8 Å². The van der Waals surface area contributed by atoms with Crippen molar-refractivity contribution in [2.24, 2.45) is 5.41 Å². The van der Waals surface area contributed by atoms with Crippen molar-refractivity contribution in [2.45, 2.75) is 33.6 Å². The van der Waals surface area contributed by atoms with Gasteiger partial charge in [-0.15, -0.1) is 0 Å². The molecule has 0 spiro atoms. The number of nitrogens with zero attached hydrogens (tertiary/aromatic N) is 2. The van der Waals surface area contributed by atoms with E-state index in [-0.39, 0.29) is 6.03 Å². The fourth-order valence-electron chi connectivity index (χ4n) is 2.10. The average Bonchev–Trinajstić information content (AvgIpc) is 2.31. The fraction of sp³-hybridized carbons (Fsp3) is 0.833. The van der Waals surface area contributed by atoms with E-state index in [1.54, 1.807) is 16.7 Å². The summed E-state index contributed by atoms with van der Waals surface area (Å²) in [5.41, 5.74) is -0.667. The molecule has 1 aliphatic heterocycles. The number of carboxylic acid groups (broad SMARTS) is 1. The molecule has 0 bridgehead atoms. The molecule has 0 unspecified atom stereocenters. The van der Waals surface area contributed by atoms with Crippen molar-refractivity contribution >= 4 is 12.0 Å². The smallest absolute Gasteiger partial charge is 0.319 e. The minimum Gasteiger partial charge on any atom is -0.481 e. The number of carbonyl (C=O) groups excluding carboxylic acids is 1. The number of amides is 2. The van der Waals surface area contributed by atoms with Crippen LogP contribution in [0.15, 0.2) is 0 Å². The third kappa shape index (κ3) is 2.90. The molecule has 0 aromatic heterocycles. The van der Waals surface area contributed by atoms with E-state index < -0.39 is 11.4 Å². The van der Waals surface area contributed by atoms with Gasteiger partial charge in [-0.2, -0.15) is 0 Å². The molecule has 0 aromatic rings. The van der Waals surface area contributed by atoms with Crippen LogP contribution in [0.25, 0.3) is 0 Å². The lowest BCUT2D eigenvalue weighted by Gasteiger charge is -2.38. The van der Waals surface area contributed by atoms with Gasteiger partial charge in [0, 0.05) is 26.2 Å². The molecule has 0 aliphatic carbocycles. The largest absolute Gasteiger partial charge is 0.481 e. The number of likely N-dealkylation sites (tertiary alicyclic amines) is 1. The number of piperidine rings is 1. The molecule has 98 valence electrons. The van der Waals surface area contributed by atoms with Crippen LogP contribution < -0.4 is 0 Å². The lowest BCUT2D eigenvalue weighted by molar-refractivity contribution is -0.150. The highest BCUT2D eigenvalue weighted by Crippen LogP contribution is 2.31. The van der Waals surface area contributed by atoms with Crippen molar-refractivity contribution in [3.05, 3.63) is 0 Å². The number of carbonyl (C=O) groups is 2. The lowest BCUT2D eigenvalue weighted by atomic mass is 9.80. The summed E-state index contributed by atoms with van der Waals surface area (Å²) in [7, 11) is 0. The standard InChI is InChI=1S/C12H22N2O3/c1-4-13(5-2)11(17)14-8-6-12(3,7-9-14)10(15)16/h4-9H2,1-3H3,(H,15,16). The molecule has 1 aliphatic rings. The lowest BCUT2D eigenvalue weighted by Crippen LogP contribution is -2.50. The minimum absolute atomic E-state index is 0.0300. The molecule has 1 N–H and O–H groups in total.